The monoisotopic (exact) mass is 1090 g/mol. The second-order valence-electron chi connectivity index (χ2n) is 25.1. The van der Waals surface area contributed by atoms with Crippen LogP contribution in [0.25, 0.3) is 17.0 Å². The molecule has 5 aromatic rings. The fourth-order valence-electron chi connectivity index (χ4n) is 17.7. The molecular formula is C70H78O11. The molecule has 3 N–H and O–H groups in total. The lowest BCUT2D eigenvalue weighted by atomic mass is 9.48. The lowest BCUT2D eigenvalue weighted by molar-refractivity contribution is -0.216. The fourth-order valence-corrected chi connectivity index (χ4v) is 17.7. The third-order valence-electron chi connectivity index (χ3n) is 21.2. The molecule has 3 fully saturated rings. The number of carbonyl (C=O) groups is 2. The molecule has 14 rings (SSSR count). The van der Waals surface area contributed by atoms with Gasteiger partial charge in [0.2, 0.25) is 0 Å². The number of ether oxygens (including phenoxy) is 4. The summed E-state index contributed by atoms with van der Waals surface area (Å²) in [6.07, 6.45) is 20.9. The molecule has 4 aromatic carbocycles. The molecular weight excluding hydrogens is 1020 g/mol. The number of rotatable bonds is 8. The molecule has 12 atom stereocenters. The Morgan fingerprint density at radius 1 is 0.790 bits per heavy atom. The van der Waals surface area contributed by atoms with Gasteiger partial charge in [-0.3, -0.25) is 4.79 Å². The van der Waals surface area contributed by atoms with Crippen LogP contribution < -0.4 is 10.4 Å². The first-order valence-electron chi connectivity index (χ1n) is 30.5. The number of benzene rings is 4. The van der Waals surface area contributed by atoms with Crippen molar-refractivity contribution in [3.05, 3.63) is 174 Å². The van der Waals surface area contributed by atoms with E-state index in [1.807, 2.05) is 6.07 Å². The topological polar surface area (TPSA) is 162 Å². The summed E-state index contributed by atoms with van der Waals surface area (Å²) in [7, 11) is 1.52. The van der Waals surface area contributed by atoms with Crippen LogP contribution in [-0.2, 0) is 48.7 Å². The molecule has 4 heterocycles. The zero-order valence-corrected chi connectivity index (χ0v) is 47.0. The third-order valence-corrected chi connectivity index (χ3v) is 21.2. The minimum Gasteiger partial charge on any atom is -0.482 e. The lowest BCUT2D eigenvalue weighted by Gasteiger charge is -2.56. The second-order valence-corrected chi connectivity index (χ2v) is 25.1. The van der Waals surface area contributed by atoms with Crippen LogP contribution in [0.5, 0.6) is 5.75 Å². The standard InChI is InChI=1S/C70H78O11/c1-41(38-72)51-28-21-42-19-22-43(23-20-42)52-29-25-46(53-15-8-18-59-54(53)30-27-50-14-7-13-49-26-24-45-11-4-6-17-58(45)70(49,50)59)36-48(52)37-61(74)78-65-63-60(81-69(66(65)80-67(51)75)34-9-12-44-10-3-5-16-57(44)69)32-31-55-56(39-73)62(68(76)79-64(55)63)47(33-35-71)40-77-2/h4,6,8,11,15,17-20,22-26,29,31-32,44,46-50,52,57,65-66,71-73H,3,5,7,9-10,12-14,16,21,27-28,30,33-40H2,1-2H3/b51-41-/t44-,46-,47-,48-,49+,50-,52+,57-,65-,66+,69+,70+/m1/s1. The molecule has 2 bridgehead atoms. The molecule has 3 saturated carbocycles. The average Bonchev–Trinajstić information content (AvgIpc) is 2.61. The molecule has 2 spiro atoms. The summed E-state index contributed by atoms with van der Waals surface area (Å²) < 4.78 is 33.6. The second kappa shape index (κ2) is 22.2. The van der Waals surface area contributed by atoms with Crippen LogP contribution in [-0.4, -0.2) is 65.9 Å². The van der Waals surface area contributed by atoms with E-state index in [2.05, 4.69) is 91.0 Å². The van der Waals surface area contributed by atoms with Crippen molar-refractivity contribution in [3.63, 3.8) is 0 Å². The van der Waals surface area contributed by atoms with Gasteiger partial charge in [-0.25, -0.2) is 9.59 Å². The summed E-state index contributed by atoms with van der Waals surface area (Å²) in [5.74, 6) is -0.346. The van der Waals surface area contributed by atoms with Gasteiger partial charge in [0, 0.05) is 65.7 Å². The first-order chi connectivity index (χ1) is 39.6. The number of methoxy groups -OCH3 is 1. The van der Waals surface area contributed by atoms with Crippen LogP contribution in [0.4, 0.5) is 0 Å². The van der Waals surface area contributed by atoms with E-state index in [-0.39, 0.29) is 84.4 Å². The number of aryl methyl sites for hydroxylation is 1. The normalized spacial score (nSPS) is 31.4. The molecule has 6 aliphatic carbocycles. The summed E-state index contributed by atoms with van der Waals surface area (Å²) >= 11 is 0. The number of fused-ring (bicyclic) bond motifs is 15. The minimum absolute atomic E-state index is 0.0338. The third kappa shape index (κ3) is 9.10. The summed E-state index contributed by atoms with van der Waals surface area (Å²) in [6, 6.07) is 28.3. The Morgan fingerprint density at radius 2 is 1.62 bits per heavy atom. The highest BCUT2D eigenvalue weighted by Gasteiger charge is 2.62. The quantitative estimate of drug-likeness (QED) is 0.0587. The minimum atomic E-state index is -1.29. The number of hydrogen-bond donors (Lipinski definition) is 3. The molecule has 0 saturated heterocycles. The summed E-state index contributed by atoms with van der Waals surface area (Å²) in [6.45, 7) is 0.764. The summed E-state index contributed by atoms with van der Waals surface area (Å²) in [5, 5.41) is 32.5. The Labute approximate surface area is 475 Å². The van der Waals surface area contributed by atoms with Crippen molar-refractivity contribution in [3.8, 4) is 5.75 Å². The van der Waals surface area contributed by atoms with Gasteiger partial charge in [0.15, 0.2) is 17.8 Å². The first kappa shape index (κ1) is 54.2. The van der Waals surface area contributed by atoms with Crippen LogP contribution in [0, 0.1) is 29.6 Å². The maximum absolute atomic E-state index is 15.8. The van der Waals surface area contributed by atoms with Gasteiger partial charge >= 0.3 is 17.6 Å². The van der Waals surface area contributed by atoms with Crippen molar-refractivity contribution < 1.29 is 48.3 Å². The smallest absolute Gasteiger partial charge is 0.340 e. The predicted molar refractivity (Wildman–Crippen MR) is 310 cm³/mol. The highest BCUT2D eigenvalue weighted by atomic mass is 16.6. The van der Waals surface area contributed by atoms with E-state index in [4.69, 9.17) is 23.4 Å². The predicted octanol–water partition coefficient (Wildman–Crippen LogP) is 12.5. The molecule has 9 aliphatic rings. The zero-order valence-electron chi connectivity index (χ0n) is 47.0. The molecule has 0 unspecified atom stereocenters. The first-order valence-corrected chi connectivity index (χ1v) is 30.5. The number of aliphatic hydroxyl groups excluding tert-OH is 3. The Bertz CT molecular complexity index is 3380. The highest BCUT2D eigenvalue weighted by molar-refractivity contribution is 5.90. The van der Waals surface area contributed by atoms with E-state index in [1.54, 1.807) is 13.0 Å². The van der Waals surface area contributed by atoms with Crippen molar-refractivity contribution in [2.75, 3.05) is 26.9 Å². The van der Waals surface area contributed by atoms with Crippen LogP contribution in [0.3, 0.4) is 0 Å². The molecule has 11 nitrogen and oxygen atoms in total. The molecule has 0 amide bonds. The average molecular weight is 1100 g/mol. The van der Waals surface area contributed by atoms with E-state index >= 15 is 9.59 Å². The van der Waals surface area contributed by atoms with Crippen molar-refractivity contribution in [2.24, 2.45) is 29.6 Å². The van der Waals surface area contributed by atoms with E-state index in [0.29, 0.717) is 65.4 Å². The zero-order chi connectivity index (χ0) is 55.6. The summed E-state index contributed by atoms with van der Waals surface area (Å²) in [5.41, 5.74) is 8.98. The molecule has 81 heavy (non-hydrogen) atoms. The lowest BCUT2D eigenvalue weighted by Crippen LogP contribution is -2.63. The van der Waals surface area contributed by atoms with Gasteiger partial charge in [0.25, 0.3) is 0 Å². The Balaban J connectivity index is 0.955. The van der Waals surface area contributed by atoms with Crippen LogP contribution in [0.15, 0.2) is 117 Å². The van der Waals surface area contributed by atoms with Gasteiger partial charge < -0.3 is 38.7 Å². The number of carbonyl (C=O) groups excluding carboxylic acids is 2. The van der Waals surface area contributed by atoms with Crippen molar-refractivity contribution in [1.29, 1.82) is 0 Å². The Kier molecular flexibility index (Phi) is 14.9. The van der Waals surface area contributed by atoms with Crippen molar-refractivity contribution >= 4 is 29.0 Å². The van der Waals surface area contributed by atoms with Gasteiger partial charge in [-0.05, 0) is 170 Å². The Hall–Kier alpha value is -6.11. The highest BCUT2D eigenvalue weighted by Crippen LogP contribution is 2.62. The molecule has 424 valence electrons. The van der Waals surface area contributed by atoms with Gasteiger partial charge in [-0.2, -0.15) is 0 Å². The molecule has 1 aromatic heterocycles. The number of esters is 2. The molecule has 0 radical (unpaired) electrons. The largest absolute Gasteiger partial charge is 0.482 e. The molecule has 11 heteroatoms. The van der Waals surface area contributed by atoms with E-state index in [1.165, 1.54) is 54.2 Å². The van der Waals surface area contributed by atoms with Gasteiger partial charge in [-0.1, -0.05) is 117 Å². The summed E-state index contributed by atoms with van der Waals surface area (Å²) in [4.78, 5) is 45.7. The maximum Gasteiger partial charge on any atom is 0.340 e. The molecule has 3 aliphatic heterocycles. The van der Waals surface area contributed by atoms with Crippen LogP contribution in [0.1, 0.15) is 183 Å². The van der Waals surface area contributed by atoms with Crippen LogP contribution >= 0.6 is 0 Å². The number of allylic oxidation sites excluding steroid dienone is 3. The van der Waals surface area contributed by atoms with Crippen LogP contribution in [0.2, 0.25) is 0 Å². The fraction of sp³-hybridized carbons (Fsp3) is 0.500. The maximum atomic E-state index is 15.8. The number of aliphatic hydroxyl groups is 3. The van der Waals surface area contributed by atoms with Crippen molar-refractivity contribution in [1.82, 2.24) is 0 Å². The van der Waals surface area contributed by atoms with Gasteiger partial charge in [-0.15, -0.1) is 0 Å². The number of hydrogen-bond acceptors (Lipinski definition) is 11. The van der Waals surface area contributed by atoms with Gasteiger partial charge in [0.05, 0.1) is 25.4 Å². The SMILES string of the molecule is COC[C@@H](CCO)c1c(CO)c2ccc3c(c2oc1=O)[C@H]1OC(=O)C[C@H]2C[C@H](c4cccc5c4CC[C@H]4CCC[C@H]6C=Cc7ccccc7[C@@]546)C=C[C@H]2c2ccc(cc2)CC/C(=C(\C)CO)C(=O)O[C@@H]1[C@@]1(CCC[C@H]2CCCC[C@H]21)O3. The van der Waals surface area contributed by atoms with Crippen molar-refractivity contribution in [2.45, 2.75) is 164 Å². The Morgan fingerprint density at radius 3 is 2.44 bits per heavy atom. The van der Waals surface area contributed by atoms with E-state index < -0.39 is 47.9 Å². The van der Waals surface area contributed by atoms with Gasteiger partial charge in [0.1, 0.15) is 11.3 Å². The van der Waals surface area contributed by atoms with E-state index in [0.717, 1.165) is 62.5 Å². The van der Waals surface area contributed by atoms with E-state index in [9.17, 15) is 20.1 Å².